The zero-order valence-corrected chi connectivity index (χ0v) is 15.4. The molecule has 9 nitrogen and oxygen atoms in total. The predicted octanol–water partition coefficient (Wildman–Crippen LogP) is 1.41. The molecule has 1 fully saturated rings. The van der Waals surface area contributed by atoms with Gasteiger partial charge in [-0.25, -0.2) is 9.78 Å². The lowest BCUT2D eigenvalue weighted by atomic mass is 9.99. The van der Waals surface area contributed by atoms with Crippen molar-refractivity contribution in [3.05, 3.63) is 48.5 Å². The molecule has 4 N–H and O–H groups in total. The van der Waals surface area contributed by atoms with E-state index in [1.807, 2.05) is 36.4 Å². The number of aliphatic carboxylic acids is 1. The Balaban J connectivity index is 1.64. The molecule has 30 heavy (non-hydrogen) atoms. The number of hydrogen-bond acceptors (Lipinski definition) is 8. The molecule has 5 atom stereocenters. The summed E-state index contributed by atoms with van der Waals surface area (Å²) in [5.41, 5.74) is 1.73. The SMILES string of the molecule is O=C(O)[C@H]1O[C@@H](Oc2nc3c4ccccc4oc3c3ccccc23)[C@@H](O)[C@H](O)[C@H]1O. The maximum absolute atomic E-state index is 11.4. The van der Waals surface area contributed by atoms with E-state index >= 15 is 0 Å². The van der Waals surface area contributed by atoms with Gasteiger partial charge >= 0.3 is 5.97 Å². The number of nitrogens with zero attached hydrogens (tertiary/aromatic N) is 1. The summed E-state index contributed by atoms with van der Waals surface area (Å²) in [7, 11) is 0. The van der Waals surface area contributed by atoms with E-state index in [0.717, 1.165) is 5.39 Å². The number of carboxylic acid groups (broad SMARTS) is 1. The largest absolute Gasteiger partial charge is 0.479 e. The quantitative estimate of drug-likeness (QED) is 0.393. The molecule has 1 aliphatic rings. The Hall–Kier alpha value is -3.24. The molecule has 1 saturated heterocycles. The summed E-state index contributed by atoms with van der Waals surface area (Å²) in [4.78, 5) is 15.9. The fraction of sp³-hybridized carbons (Fsp3) is 0.238. The Kier molecular flexibility index (Phi) is 4.33. The van der Waals surface area contributed by atoms with Gasteiger partial charge in [-0.2, -0.15) is 0 Å². The number of aliphatic hydroxyl groups excluding tert-OH is 3. The maximum Gasteiger partial charge on any atom is 0.335 e. The Bertz CT molecular complexity index is 1270. The van der Waals surface area contributed by atoms with Crippen molar-refractivity contribution >= 4 is 38.8 Å². The van der Waals surface area contributed by atoms with Crippen LogP contribution in [0.4, 0.5) is 0 Å². The van der Waals surface area contributed by atoms with Crippen LogP contribution in [0.5, 0.6) is 5.88 Å². The maximum atomic E-state index is 11.4. The van der Waals surface area contributed by atoms with Crippen LogP contribution >= 0.6 is 0 Å². The van der Waals surface area contributed by atoms with Gasteiger partial charge in [0, 0.05) is 16.2 Å². The number of aromatic nitrogens is 1. The number of carbonyl (C=O) groups is 1. The summed E-state index contributed by atoms with van der Waals surface area (Å²) in [6.07, 6.45) is -8.58. The van der Waals surface area contributed by atoms with Gasteiger partial charge in [0.1, 0.15) is 29.4 Å². The molecule has 0 saturated carbocycles. The second kappa shape index (κ2) is 6.92. The molecule has 154 valence electrons. The molecule has 9 heteroatoms. The number of hydrogen-bond donors (Lipinski definition) is 4. The van der Waals surface area contributed by atoms with Crippen LogP contribution in [0.25, 0.3) is 32.8 Å². The second-order valence-corrected chi connectivity index (χ2v) is 7.09. The van der Waals surface area contributed by atoms with Crippen molar-refractivity contribution in [2.24, 2.45) is 0 Å². The first-order valence-electron chi connectivity index (χ1n) is 9.25. The molecule has 0 bridgehead atoms. The van der Waals surface area contributed by atoms with Gasteiger partial charge in [0.2, 0.25) is 12.2 Å². The molecule has 0 radical (unpaired) electrons. The fourth-order valence-electron chi connectivity index (χ4n) is 3.70. The van der Waals surface area contributed by atoms with Gasteiger partial charge in [-0.3, -0.25) is 0 Å². The minimum absolute atomic E-state index is 0.0708. The van der Waals surface area contributed by atoms with Gasteiger partial charge in [-0.05, 0) is 18.2 Å². The zero-order chi connectivity index (χ0) is 21.0. The van der Waals surface area contributed by atoms with E-state index in [4.69, 9.17) is 13.9 Å². The summed E-state index contributed by atoms with van der Waals surface area (Å²) >= 11 is 0. The molecule has 0 aliphatic carbocycles. The third-order valence-corrected chi connectivity index (χ3v) is 5.23. The Morgan fingerprint density at radius 2 is 1.57 bits per heavy atom. The van der Waals surface area contributed by atoms with Crippen LogP contribution in [0.3, 0.4) is 0 Å². The van der Waals surface area contributed by atoms with Crippen LogP contribution in [0.2, 0.25) is 0 Å². The minimum Gasteiger partial charge on any atom is -0.479 e. The van der Waals surface area contributed by atoms with Crippen LogP contribution < -0.4 is 4.74 Å². The van der Waals surface area contributed by atoms with E-state index in [2.05, 4.69) is 4.98 Å². The number of fused-ring (bicyclic) bond motifs is 5. The topological polar surface area (TPSA) is 142 Å². The highest BCUT2D eigenvalue weighted by Gasteiger charge is 2.48. The number of furan rings is 1. The van der Waals surface area contributed by atoms with Gasteiger partial charge in [0.15, 0.2) is 11.7 Å². The average molecular weight is 411 g/mol. The first-order valence-corrected chi connectivity index (χ1v) is 9.25. The standard InChI is InChI=1S/C21H17NO8/c23-14-15(24)18(20(26)27)29-21(16(14)25)30-19-10-6-2-1-5-9(10)17-13(22-19)11-7-3-4-8-12(11)28-17/h1-8,14-16,18,21,23-25H,(H,26,27)/t14-,15-,16+,18+,21+/m1/s1. The zero-order valence-electron chi connectivity index (χ0n) is 15.4. The number of ether oxygens (including phenoxy) is 2. The lowest BCUT2D eigenvalue weighted by molar-refractivity contribution is -0.271. The molecule has 0 spiro atoms. The highest BCUT2D eigenvalue weighted by Crippen LogP contribution is 2.37. The van der Waals surface area contributed by atoms with Gasteiger partial charge < -0.3 is 34.3 Å². The van der Waals surface area contributed by atoms with E-state index in [0.29, 0.717) is 27.5 Å². The van der Waals surface area contributed by atoms with Crippen molar-refractivity contribution in [3.8, 4) is 5.88 Å². The lowest BCUT2D eigenvalue weighted by Crippen LogP contribution is -2.61. The molecule has 0 amide bonds. The number of pyridine rings is 1. The van der Waals surface area contributed by atoms with Crippen molar-refractivity contribution in [1.29, 1.82) is 0 Å². The van der Waals surface area contributed by atoms with Gasteiger partial charge in [0.25, 0.3) is 0 Å². The molecule has 3 heterocycles. The molecular formula is C21H17NO8. The van der Waals surface area contributed by atoms with Crippen LogP contribution in [0, 0.1) is 0 Å². The van der Waals surface area contributed by atoms with E-state index in [9.17, 15) is 25.2 Å². The monoisotopic (exact) mass is 411 g/mol. The third kappa shape index (κ3) is 2.79. The molecule has 2 aromatic heterocycles. The van der Waals surface area contributed by atoms with Gasteiger partial charge in [-0.15, -0.1) is 0 Å². The molecule has 2 aromatic carbocycles. The molecule has 4 aromatic rings. The summed E-state index contributed by atoms with van der Waals surface area (Å²) in [5.74, 6) is -1.42. The highest BCUT2D eigenvalue weighted by molar-refractivity contribution is 6.14. The molecule has 1 aliphatic heterocycles. The average Bonchev–Trinajstić information content (AvgIpc) is 3.13. The summed E-state index contributed by atoms with van der Waals surface area (Å²) < 4.78 is 16.9. The smallest absolute Gasteiger partial charge is 0.335 e. The fourth-order valence-corrected chi connectivity index (χ4v) is 3.70. The van der Waals surface area contributed by atoms with Crippen LogP contribution in [0.15, 0.2) is 52.9 Å². The first kappa shape index (κ1) is 18.8. The Labute approximate surface area is 168 Å². The first-order chi connectivity index (χ1) is 14.5. The van der Waals surface area contributed by atoms with Crippen molar-refractivity contribution in [1.82, 2.24) is 4.98 Å². The summed E-state index contributed by atoms with van der Waals surface area (Å²) in [6, 6.07) is 14.5. The van der Waals surface area contributed by atoms with Crippen LogP contribution in [0.1, 0.15) is 0 Å². The van der Waals surface area contributed by atoms with Gasteiger partial charge in [0.05, 0.1) is 0 Å². The van der Waals surface area contributed by atoms with Crippen LogP contribution in [-0.4, -0.2) is 62.1 Å². The summed E-state index contributed by atoms with van der Waals surface area (Å²) in [5, 5.41) is 41.4. The van der Waals surface area contributed by atoms with E-state index in [1.54, 1.807) is 12.1 Å². The predicted molar refractivity (Wildman–Crippen MR) is 104 cm³/mol. The van der Waals surface area contributed by atoms with Crippen molar-refractivity contribution in [2.75, 3.05) is 0 Å². The number of carboxylic acids is 1. The van der Waals surface area contributed by atoms with Gasteiger partial charge in [-0.1, -0.05) is 30.3 Å². The number of rotatable bonds is 3. The Morgan fingerprint density at radius 1 is 0.900 bits per heavy atom. The normalized spacial score (nSPS) is 27.0. The molecule has 0 unspecified atom stereocenters. The third-order valence-electron chi connectivity index (χ3n) is 5.23. The van der Waals surface area contributed by atoms with Crippen molar-refractivity contribution in [3.63, 3.8) is 0 Å². The lowest BCUT2D eigenvalue weighted by Gasteiger charge is -2.38. The van der Waals surface area contributed by atoms with E-state index < -0.39 is 36.7 Å². The van der Waals surface area contributed by atoms with E-state index in [-0.39, 0.29) is 5.88 Å². The van der Waals surface area contributed by atoms with Crippen molar-refractivity contribution < 1.29 is 39.1 Å². The molecular weight excluding hydrogens is 394 g/mol. The van der Waals surface area contributed by atoms with Crippen molar-refractivity contribution in [2.45, 2.75) is 30.7 Å². The molecule has 5 rings (SSSR count). The second-order valence-electron chi connectivity index (χ2n) is 7.09. The number of benzene rings is 2. The number of para-hydroxylation sites is 1. The highest BCUT2D eigenvalue weighted by atomic mass is 16.7. The van der Waals surface area contributed by atoms with Crippen LogP contribution in [-0.2, 0) is 9.53 Å². The van der Waals surface area contributed by atoms with E-state index in [1.165, 1.54) is 0 Å². The minimum atomic E-state index is -1.80. The number of aliphatic hydroxyl groups is 3. The summed E-state index contributed by atoms with van der Waals surface area (Å²) in [6.45, 7) is 0. The Morgan fingerprint density at radius 3 is 2.30 bits per heavy atom.